The zero-order chi connectivity index (χ0) is 18.4. The summed E-state index contributed by atoms with van der Waals surface area (Å²) in [5.74, 6) is 1.68. The van der Waals surface area contributed by atoms with E-state index in [1.807, 2.05) is 25.1 Å². The lowest BCUT2D eigenvalue weighted by Gasteiger charge is -2.31. The fraction of sp³-hybridized carbons (Fsp3) is 0.611. The van der Waals surface area contributed by atoms with Crippen molar-refractivity contribution in [3.63, 3.8) is 0 Å². The van der Waals surface area contributed by atoms with Crippen molar-refractivity contribution in [3.8, 4) is 11.6 Å². The predicted molar refractivity (Wildman–Crippen MR) is 98.8 cm³/mol. The van der Waals surface area contributed by atoms with Crippen LogP contribution in [0, 0.1) is 5.92 Å². The second-order valence-corrected chi connectivity index (χ2v) is 8.89. The van der Waals surface area contributed by atoms with Crippen LogP contribution in [0.1, 0.15) is 44.9 Å². The smallest absolute Gasteiger partial charge is 0.276 e. The average Bonchev–Trinajstić information content (AvgIpc) is 3.15. The second kappa shape index (κ2) is 8.73. The van der Waals surface area contributed by atoms with E-state index in [0.717, 1.165) is 32.1 Å². The van der Waals surface area contributed by atoms with Crippen molar-refractivity contribution in [2.24, 2.45) is 5.92 Å². The average molecular weight is 378 g/mol. The van der Waals surface area contributed by atoms with Crippen LogP contribution in [-0.2, 0) is 16.4 Å². The van der Waals surface area contributed by atoms with Gasteiger partial charge >= 0.3 is 0 Å². The van der Waals surface area contributed by atoms with Gasteiger partial charge in [-0.3, -0.25) is 4.98 Å². The highest BCUT2D eigenvalue weighted by molar-refractivity contribution is 7.89. The molecule has 3 heterocycles. The Morgan fingerprint density at radius 2 is 2.23 bits per heavy atom. The van der Waals surface area contributed by atoms with Crippen molar-refractivity contribution in [1.82, 2.24) is 19.4 Å². The molecule has 2 aromatic heterocycles. The maximum atomic E-state index is 12.4. The van der Waals surface area contributed by atoms with Gasteiger partial charge in [-0.25, -0.2) is 12.7 Å². The molecule has 0 radical (unpaired) electrons. The van der Waals surface area contributed by atoms with Gasteiger partial charge in [-0.15, -0.1) is 0 Å². The molecule has 0 bridgehead atoms. The van der Waals surface area contributed by atoms with E-state index in [0.29, 0.717) is 42.8 Å². The number of pyridine rings is 1. The SMILES string of the molecule is CCCCS(=O)(=O)N1CCCC(CCc2noc(-c3ccccn3)n2)C1. The van der Waals surface area contributed by atoms with Crippen LogP contribution in [0.3, 0.4) is 0 Å². The molecule has 8 heteroatoms. The largest absolute Gasteiger partial charge is 0.332 e. The monoisotopic (exact) mass is 378 g/mol. The highest BCUT2D eigenvalue weighted by Gasteiger charge is 2.28. The summed E-state index contributed by atoms with van der Waals surface area (Å²) in [6.07, 6.45) is 6.82. The molecule has 0 amide bonds. The molecular weight excluding hydrogens is 352 g/mol. The van der Waals surface area contributed by atoms with Crippen LogP contribution >= 0.6 is 0 Å². The van der Waals surface area contributed by atoms with Gasteiger partial charge in [0.25, 0.3) is 5.89 Å². The number of nitrogens with zero attached hydrogens (tertiary/aromatic N) is 4. The van der Waals surface area contributed by atoms with Crippen LogP contribution in [0.25, 0.3) is 11.6 Å². The van der Waals surface area contributed by atoms with Crippen molar-refractivity contribution < 1.29 is 12.9 Å². The summed E-state index contributed by atoms with van der Waals surface area (Å²) >= 11 is 0. The van der Waals surface area contributed by atoms with Gasteiger partial charge in [0.15, 0.2) is 5.82 Å². The number of piperidine rings is 1. The maximum Gasteiger partial charge on any atom is 0.276 e. The number of sulfonamides is 1. The molecule has 1 aliphatic heterocycles. The fourth-order valence-electron chi connectivity index (χ4n) is 3.25. The normalized spacial score (nSPS) is 18.9. The minimum Gasteiger partial charge on any atom is -0.332 e. The van der Waals surface area contributed by atoms with E-state index < -0.39 is 10.0 Å². The number of aryl methyl sites for hydroxylation is 1. The predicted octanol–water partition coefficient (Wildman–Crippen LogP) is 2.91. The van der Waals surface area contributed by atoms with E-state index in [2.05, 4.69) is 15.1 Å². The molecule has 0 aliphatic carbocycles. The third-order valence-corrected chi connectivity index (χ3v) is 6.68. The highest BCUT2D eigenvalue weighted by atomic mass is 32.2. The van der Waals surface area contributed by atoms with Gasteiger partial charge in [0.05, 0.1) is 5.75 Å². The first-order chi connectivity index (χ1) is 12.6. The molecule has 0 spiro atoms. The third kappa shape index (κ3) is 4.88. The lowest BCUT2D eigenvalue weighted by Crippen LogP contribution is -2.41. The third-order valence-electron chi connectivity index (χ3n) is 4.76. The van der Waals surface area contributed by atoms with Gasteiger partial charge in [0.2, 0.25) is 10.0 Å². The molecule has 1 aliphatic rings. The molecule has 1 fully saturated rings. The van der Waals surface area contributed by atoms with Crippen molar-refractivity contribution in [1.29, 1.82) is 0 Å². The number of aromatic nitrogens is 3. The van der Waals surface area contributed by atoms with Gasteiger partial charge < -0.3 is 4.52 Å². The van der Waals surface area contributed by atoms with Gasteiger partial charge in [0, 0.05) is 25.7 Å². The van der Waals surface area contributed by atoms with Gasteiger partial charge in [0.1, 0.15) is 5.69 Å². The Morgan fingerprint density at radius 3 is 3.00 bits per heavy atom. The summed E-state index contributed by atoms with van der Waals surface area (Å²) in [4.78, 5) is 8.61. The first kappa shape index (κ1) is 19.0. The van der Waals surface area contributed by atoms with E-state index in [9.17, 15) is 8.42 Å². The Morgan fingerprint density at radius 1 is 1.35 bits per heavy atom. The topological polar surface area (TPSA) is 89.2 Å². The Labute approximate surface area is 154 Å². The van der Waals surface area contributed by atoms with Crippen LogP contribution in [0.4, 0.5) is 0 Å². The summed E-state index contributed by atoms with van der Waals surface area (Å²) in [6.45, 7) is 3.27. The Bertz CT molecular complexity index is 792. The van der Waals surface area contributed by atoms with Crippen molar-refractivity contribution in [2.45, 2.75) is 45.4 Å². The lowest BCUT2D eigenvalue weighted by molar-refractivity contribution is 0.254. The summed E-state index contributed by atoms with van der Waals surface area (Å²) in [6, 6.07) is 5.55. The zero-order valence-electron chi connectivity index (χ0n) is 15.2. The van der Waals surface area contributed by atoms with Crippen LogP contribution in [0.5, 0.6) is 0 Å². The number of rotatable bonds is 8. The molecule has 7 nitrogen and oxygen atoms in total. The summed E-state index contributed by atoms with van der Waals surface area (Å²) in [5.41, 5.74) is 0.664. The minimum atomic E-state index is -3.12. The first-order valence-electron chi connectivity index (χ1n) is 9.30. The highest BCUT2D eigenvalue weighted by Crippen LogP contribution is 2.24. The minimum absolute atomic E-state index is 0.258. The van der Waals surface area contributed by atoms with Crippen LogP contribution in [0.2, 0.25) is 0 Å². The van der Waals surface area contributed by atoms with Crippen LogP contribution in [0.15, 0.2) is 28.9 Å². The van der Waals surface area contributed by atoms with E-state index in [1.54, 1.807) is 10.5 Å². The van der Waals surface area contributed by atoms with Gasteiger partial charge in [-0.2, -0.15) is 4.98 Å². The van der Waals surface area contributed by atoms with E-state index >= 15 is 0 Å². The molecular formula is C18H26N4O3S. The standard InChI is InChI=1S/C18H26N4O3S/c1-2-3-13-26(23,24)22-12-6-7-15(14-22)9-10-17-20-18(25-21-17)16-8-4-5-11-19-16/h4-5,8,11,15H,2-3,6-7,9-10,12-14H2,1H3. The Hall–Kier alpha value is -1.80. The molecule has 3 rings (SSSR count). The van der Waals surface area contributed by atoms with E-state index in [4.69, 9.17) is 4.52 Å². The fourth-order valence-corrected chi connectivity index (χ4v) is 5.01. The Balaban J connectivity index is 1.54. The zero-order valence-corrected chi connectivity index (χ0v) is 16.0. The molecule has 1 unspecified atom stereocenters. The van der Waals surface area contributed by atoms with E-state index in [-0.39, 0.29) is 5.75 Å². The molecule has 2 aromatic rings. The molecule has 1 atom stereocenters. The molecule has 0 aromatic carbocycles. The van der Waals surface area contributed by atoms with Gasteiger partial charge in [-0.1, -0.05) is 24.6 Å². The number of hydrogen-bond donors (Lipinski definition) is 0. The molecule has 142 valence electrons. The molecule has 1 saturated heterocycles. The van der Waals surface area contributed by atoms with Crippen LogP contribution < -0.4 is 0 Å². The maximum absolute atomic E-state index is 12.4. The quantitative estimate of drug-likeness (QED) is 0.702. The second-order valence-electron chi connectivity index (χ2n) is 6.81. The lowest BCUT2D eigenvalue weighted by atomic mass is 9.94. The molecule has 26 heavy (non-hydrogen) atoms. The van der Waals surface area contributed by atoms with E-state index in [1.165, 1.54) is 0 Å². The van der Waals surface area contributed by atoms with Crippen LogP contribution in [-0.4, -0.2) is 46.7 Å². The summed E-state index contributed by atoms with van der Waals surface area (Å²) in [5, 5.41) is 4.03. The number of hydrogen-bond acceptors (Lipinski definition) is 6. The molecule has 0 N–H and O–H groups in total. The number of unbranched alkanes of at least 4 members (excludes halogenated alkanes) is 1. The van der Waals surface area contributed by atoms with Crippen molar-refractivity contribution in [3.05, 3.63) is 30.2 Å². The summed E-state index contributed by atoms with van der Waals surface area (Å²) in [7, 11) is -3.12. The van der Waals surface area contributed by atoms with Gasteiger partial charge in [-0.05, 0) is 43.7 Å². The molecule has 0 saturated carbocycles. The Kier molecular flexibility index (Phi) is 6.37. The van der Waals surface area contributed by atoms with Crippen molar-refractivity contribution in [2.75, 3.05) is 18.8 Å². The summed E-state index contributed by atoms with van der Waals surface area (Å²) < 4.78 is 31.8. The van der Waals surface area contributed by atoms with Crippen molar-refractivity contribution >= 4 is 10.0 Å². The first-order valence-corrected chi connectivity index (χ1v) is 10.9.